The van der Waals surface area contributed by atoms with E-state index in [0.29, 0.717) is 0 Å². The Hall–Kier alpha value is -0.241. The standard InChI is InChI=1S/C12H15.3C4H9.Sn/c1-5-10-6-8-11(9-7-10)12(2,3)4;3*1-3-4-2;/h6-9H,1H2,2-4H3;3*1,3-4H2,2H3;. The zero-order valence-corrected chi connectivity index (χ0v) is 20.7. The van der Waals surface area contributed by atoms with Crippen molar-refractivity contribution in [2.75, 3.05) is 0 Å². The van der Waals surface area contributed by atoms with Crippen molar-refractivity contribution in [1.82, 2.24) is 0 Å². The van der Waals surface area contributed by atoms with Gasteiger partial charge >= 0.3 is 163 Å². The summed E-state index contributed by atoms with van der Waals surface area (Å²) in [4.78, 5) is 0. The van der Waals surface area contributed by atoms with Gasteiger partial charge in [-0.15, -0.1) is 0 Å². The Labute approximate surface area is 162 Å². The topological polar surface area (TPSA) is 0 Å². The van der Waals surface area contributed by atoms with Gasteiger partial charge in [-0.25, -0.2) is 0 Å². The molecule has 142 valence electrons. The first-order chi connectivity index (χ1) is 11.8. The van der Waals surface area contributed by atoms with Gasteiger partial charge in [0.25, 0.3) is 0 Å². The van der Waals surface area contributed by atoms with Crippen molar-refractivity contribution < 1.29 is 0 Å². The first-order valence-corrected chi connectivity index (χ1v) is 18.1. The van der Waals surface area contributed by atoms with E-state index in [-0.39, 0.29) is 5.41 Å². The third-order valence-electron chi connectivity index (χ3n) is 5.77. The number of unbranched alkanes of at least 4 members (excludes halogenated alkanes) is 3. The second-order valence-corrected chi connectivity index (χ2v) is 22.2. The third kappa shape index (κ3) is 6.77. The van der Waals surface area contributed by atoms with Gasteiger partial charge in [-0.05, 0) is 0 Å². The van der Waals surface area contributed by atoms with E-state index >= 15 is 0 Å². The van der Waals surface area contributed by atoms with Crippen molar-refractivity contribution in [3.8, 4) is 0 Å². The van der Waals surface area contributed by atoms with Gasteiger partial charge < -0.3 is 0 Å². The molecular formula is C24H42Sn. The monoisotopic (exact) mass is 450 g/mol. The van der Waals surface area contributed by atoms with Crippen LogP contribution in [0.1, 0.15) is 91.2 Å². The minimum absolute atomic E-state index is 0.229. The normalized spacial score (nSPS) is 12.4. The first kappa shape index (κ1) is 22.8. The summed E-state index contributed by atoms with van der Waals surface area (Å²) in [5, 5.41) is 0. The van der Waals surface area contributed by atoms with Crippen LogP contribution in [0.25, 0.3) is 3.59 Å². The first-order valence-electron chi connectivity index (χ1n) is 10.6. The zero-order chi connectivity index (χ0) is 18.9. The predicted octanol–water partition coefficient (Wildman–Crippen LogP) is 8.39. The molecule has 25 heavy (non-hydrogen) atoms. The Balaban J connectivity index is 3.14. The molecule has 0 saturated carbocycles. The van der Waals surface area contributed by atoms with E-state index in [1.54, 1.807) is 3.59 Å². The van der Waals surface area contributed by atoms with Crippen LogP contribution < -0.4 is 0 Å². The van der Waals surface area contributed by atoms with E-state index < -0.39 is 18.4 Å². The molecule has 1 heteroatoms. The van der Waals surface area contributed by atoms with Crippen molar-refractivity contribution in [3.63, 3.8) is 0 Å². The second-order valence-electron chi connectivity index (χ2n) is 8.90. The van der Waals surface area contributed by atoms with Crippen LogP contribution in [-0.4, -0.2) is 18.4 Å². The van der Waals surface area contributed by atoms with Crippen LogP contribution in [0.2, 0.25) is 13.3 Å². The van der Waals surface area contributed by atoms with E-state index in [1.165, 1.54) is 63.0 Å². The van der Waals surface area contributed by atoms with Crippen LogP contribution >= 0.6 is 0 Å². The zero-order valence-electron chi connectivity index (χ0n) is 17.9. The van der Waals surface area contributed by atoms with Gasteiger partial charge in [0.15, 0.2) is 0 Å². The summed E-state index contributed by atoms with van der Waals surface area (Å²) in [7, 11) is 0. The summed E-state index contributed by atoms with van der Waals surface area (Å²) >= 11 is -2.36. The number of hydrogen-bond acceptors (Lipinski definition) is 0. The molecule has 0 nitrogen and oxygen atoms in total. The quantitative estimate of drug-likeness (QED) is 0.298. The van der Waals surface area contributed by atoms with Crippen molar-refractivity contribution in [2.24, 2.45) is 0 Å². The molecule has 0 aliphatic rings. The fraction of sp³-hybridized carbons (Fsp3) is 0.667. The van der Waals surface area contributed by atoms with Crippen molar-refractivity contribution in [3.05, 3.63) is 42.0 Å². The maximum atomic E-state index is 4.74. The molecule has 0 aromatic heterocycles. The molecule has 0 atom stereocenters. The third-order valence-corrected chi connectivity index (χ3v) is 21.5. The van der Waals surface area contributed by atoms with Gasteiger partial charge in [-0.1, -0.05) is 0 Å². The van der Waals surface area contributed by atoms with Gasteiger partial charge in [0.2, 0.25) is 0 Å². The molecule has 1 aromatic rings. The number of hydrogen-bond donors (Lipinski definition) is 0. The molecule has 0 aliphatic carbocycles. The molecule has 0 amide bonds. The summed E-state index contributed by atoms with van der Waals surface area (Å²) in [5.74, 6) is 0. The predicted molar refractivity (Wildman–Crippen MR) is 119 cm³/mol. The van der Waals surface area contributed by atoms with Crippen LogP contribution in [0.3, 0.4) is 0 Å². The molecule has 0 heterocycles. The van der Waals surface area contributed by atoms with Crippen LogP contribution in [0.15, 0.2) is 30.8 Å². The number of benzene rings is 1. The molecule has 0 N–H and O–H groups in total. The van der Waals surface area contributed by atoms with Crippen molar-refractivity contribution >= 4 is 22.0 Å². The summed E-state index contributed by atoms with van der Waals surface area (Å²) in [6.45, 7) is 18.7. The van der Waals surface area contributed by atoms with Crippen molar-refractivity contribution in [2.45, 2.75) is 98.8 Å². The van der Waals surface area contributed by atoms with Gasteiger partial charge in [0, 0.05) is 0 Å². The molecule has 1 rings (SSSR count). The molecule has 0 radical (unpaired) electrons. The number of rotatable bonds is 11. The van der Waals surface area contributed by atoms with Gasteiger partial charge in [0.1, 0.15) is 0 Å². The fourth-order valence-electron chi connectivity index (χ4n) is 3.85. The van der Waals surface area contributed by atoms with Crippen molar-refractivity contribution in [1.29, 1.82) is 0 Å². The molecule has 1 aromatic carbocycles. The minimum atomic E-state index is -2.36. The van der Waals surface area contributed by atoms with E-state index in [1.807, 2.05) is 0 Å². The van der Waals surface area contributed by atoms with Gasteiger partial charge in [-0.3, -0.25) is 0 Å². The van der Waals surface area contributed by atoms with E-state index in [2.05, 4.69) is 65.8 Å². The van der Waals surface area contributed by atoms with Crippen LogP contribution in [-0.2, 0) is 5.41 Å². The maximum absolute atomic E-state index is 4.74. The van der Waals surface area contributed by atoms with Gasteiger partial charge in [-0.2, -0.15) is 0 Å². The van der Waals surface area contributed by atoms with Crippen LogP contribution in [0.5, 0.6) is 0 Å². The average molecular weight is 449 g/mol. The molecule has 0 unspecified atom stereocenters. The Morgan fingerprint density at radius 3 is 1.52 bits per heavy atom. The van der Waals surface area contributed by atoms with E-state index in [0.717, 1.165) is 0 Å². The summed E-state index contributed by atoms with van der Waals surface area (Å²) in [6, 6.07) is 9.43. The van der Waals surface area contributed by atoms with Crippen LogP contribution in [0.4, 0.5) is 0 Å². The average Bonchev–Trinajstić information content (AvgIpc) is 2.60. The molecule has 0 spiro atoms. The molecule has 0 aliphatic heterocycles. The molecule has 0 fully saturated rings. The summed E-state index contributed by atoms with van der Waals surface area (Å²) in [5.41, 5.74) is 3.11. The molecule has 0 bridgehead atoms. The summed E-state index contributed by atoms with van der Waals surface area (Å²) < 4.78 is 6.12. The summed E-state index contributed by atoms with van der Waals surface area (Å²) in [6.07, 6.45) is 8.20. The Bertz CT molecular complexity index is 482. The Kier molecular flexibility index (Phi) is 9.85. The van der Waals surface area contributed by atoms with E-state index in [4.69, 9.17) is 6.58 Å². The van der Waals surface area contributed by atoms with Crippen LogP contribution in [0, 0.1) is 0 Å². The Morgan fingerprint density at radius 1 is 0.800 bits per heavy atom. The molecular weight excluding hydrogens is 407 g/mol. The SMILES string of the molecule is C=[C](c1ccc(C(C)(C)C)cc1)[Sn]([CH2]CCC)([CH2]CCC)[CH2]CCC. The molecule has 0 saturated heterocycles. The van der Waals surface area contributed by atoms with E-state index in [9.17, 15) is 0 Å². The Morgan fingerprint density at radius 2 is 1.20 bits per heavy atom. The second kappa shape index (κ2) is 10.8. The van der Waals surface area contributed by atoms with Gasteiger partial charge in [0.05, 0.1) is 0 Å². The fourth-order valence-corrected chi connectivity index (χ4v) is 19.6.